The first kappa shape index (κ1) is 9.25. The molecule has 2 heteroatoms. The number of nitrogens with zero attached hydrogens (tertiary/aromatic N) is 1. The normalized spacial score (nSPS) is 22.0. The van der Waals surface area contributed by atoms with Crippen molar-refractivity contribution in [3.8, 4) is 0 Å². The molecule has 0 saturated carbocycles. The average molecular weight is 188 g/mol. The van der Waals surface area contributed by atoms with Crippen LogP contribution in [0.1, 0.15) is 19.3 Å². The van der Waals surface area contributed by atoms with E-state index in [0.29, 0.717) is 0 Å². The van der Waals surface area contributed by atoms with Gasteiger partial charge in [0.15, 0.2) is 0 Å². The second-order valence-corrected chi connectivity index (χ2v) is 3.66. The summed E-state index contributed by atoms with van der Waals surface area (Å²) in [7, 11) is 0. The molecule has 0 spiro atoms. The molecule has 1 aromatic carbocycles. The molecule has 0 bridgehead atoms. The fourth-order valence-corrected chi connectivity index (χ4v) is 1.98. The summed E-state index contributed by atoms with van der Waals surface area (Å²) >= 11 is 0. The van der Waals surface area contributed by atoms with Gasteiger partial charge in [0, 0.05) is 12.2 Å². The molecule has 1 saturated heterocycles. The summed E-state index contributed by atoms with van der Waals surface area (Å²) in [5, 5.41) is 0. The maximum Gasteiger partial charge on any atom is 0.222 e. The summed E-state index contributed by atoms with van der Waals surface area (Å²) < 4.78 is 0. The Hall–Kier alpha value is -1.31. The second kappa shape index (κ2) is 4.27. The van der Waals surface area contributed by atoms with Gasteiger partial charge < -0.3 is 4.90 Å². The van der Waals surface area contributed by atoms with Crippen molar-refractivity contribution in [3.05, 3.63) is 30.3 Å². The number of hydrogen-bond acceptors (Lipinski definition) is 2. The van der Waals surface area contributed by atoms with E-state index in [-0.39, 0.29) is 6.04 Å². The van der Waals surface area contributed by atoms with Gasteiger partial charge >= 0.3 is 0 Å². The largest absolute Gasteiger partial charge is 0.361 e. The van der Waals surface area contributed by atoms with Gasteiger partial charge in [-0.05, 0) is 31.4 Å². The van der Waals surface area contributed by atoms with Gasteiger partial charge in [-0.1, -0.05) is 18.2 Å². The molecular formula is C12H14NO. The molecule has 1 fully saturated rings. The maximum atomic E-state index is 10.8. The first-order valence-electron chi connectivity index (χ1n) is 5.11. The Morgan fingerprint density at radius 3 is 2.71 bits per heavy atom. The van der Waals surface area contributed by atoms with Crippen LogP contribution in [0.3, 0.4) is 0 Å². The Morgan fingerprint density at radius 1 is 1.21 bits per heavy atom. The second-order valence-electron chi connectivity index (χ2n) is 3.66. The molecule has 2 rings (SSSR count). The van der Waals surface area contributed by atoms with E-state index >= 15 is 0 Å². The summed E-state index contributed by atoms with van der Waals surface area (Å²) in [6.45, 7) is 0.976. The molecular weight excluding hydrogens is 174 g/mol. The monoisotopic (exact) mass is 188 g/mol. The fraction of sp³-hybridized carbons (Fsp3) is 0.417. The summed E-state index contributed by atoms with van der Waals surface area (Å²) in [5.74, 6) is 0. The maximum absolute atomic E-state index is 10.8. The highest BCUT2D eigenvalue weighted by molar-refractivity contribution is 5.67. The first-order valence-corrected chi connectivity index (χ1v) is 5.11. The summed E-state index contributed by atoms with van der Waals surface area (Å²) in [6, 6.07) is 10.1. The van der Waals surface area contributed by atoms with E-state index in [9.17, 15) is 4.79 Å². The summed E-state index contributed by atoms with van der Waals surface area (Å²) in [4.78, 5) is 12.9. The highest BCUT2D eigenvalue weighted by Gasteiger charge is 2.22. The van der Waals surface area contributed by atoms with Crippen LogP contribution in [0, 0.1) is 0 Å². The van der Waals surface area contributed by atoms with Crippen molar-refractivity contribution in [1.82, 2.24) is 0 Å². The molecule has 0 N–H and O–H groups in total. The van der Waals surface area contributed by atoms with E-state index < -0.39 is 0 Å². The lowest BCUT2D eigenvalue weighted by Crippen LogP contribution is -2.40. The SMILES string of the molecule is O=[C]C1CCCCN1c1ccccc1. The van der Waals surface area contributed by atoms with E-state index in [4.69, 9.17) is 0 Å². The van der Waals surface area contributed by atoms with E-state index in [1.807, 2.05) is 18.2 Å². The van der Waals surface area contributed by atoms with Crippen LogP contribution in [0.5, 0.6) is 0 Å². The zero-order chi connectivity index (χ0) is 9.80. The van der Waals surface area contributed by atoms with Crippen LogP contribution < -0.4 is 4.90 Å². The Morgan fingerprint density at radius 2 is 2.00 bits per heavy atom. The standard InChI is InChI=1S/C12H14NO/c14-10-12-8-4-5-9-13(12)11-6-2-1-3-7-11/h1-3,6-7,12H,4-5,8-9H2. The number of benzene rings is 1. The summed E-state index contributed by atoms with van der Waals surface area (Å²) in [6.07, 6.45) is 5.39. The zero-order valence-electron chi connectivity index (χ0n) is 8.15. The van der Waals surface area contributed by atoms with E-state index in [0.717, 1.165) is 25.1 Å². The van der Waals surface area contributed by atoms with E-state index in [2.05, 4.69) is 23.3 Å². The minimum Gasteiger partial charge on any atom is -0.361 e. The van der Waals surface area contributed by atoms with Crippen molar-refractivity contribution in [2.24, 2.45) is 0 Å². The van der Waals surface area contributed by atoms with Crippen molar-refractivity contribution >= 4 is 12.0 Å². The van der Waals surface area contributed by atoms with Gasteiger partial charge in [0.05, 0.1) is 6.04 Å². The molecule has 2 nitrogen and oxygen atoms in total. The van der Waals surface area contributed by atoms with Gasteiger partial charge in [-0.3, -0.25) is 4.79 Å². The van der Waals surface area contributed by atoms with Gasteiger partial charge in [0.2, 0.25) is 6.29 Å². The minimum atomic E-state index is -0.0360. The third kappa shape index (κ3) is 1.79. The minimum absolute atomic E-state index is 0.0360. The Bertz CT molecular complexity index is 296. The number of hydrogen-bond donors (Lipinski definition) is 0. The smallest absolute Gasteiger partial charge is 0.222 e. The van der Waals surface area contributed by atoms with Gasteiger partial charge in [-0.25, -0.2) is 0 Å². The predicted octanol–water partition coefficient (Wildman–Crippen LogP) is 2.16. The molecule has 1 unspecified atom stereocenters. The van der Waals surface area contributed by atoms with Crippen LogP contribution in [0.4, 0.5) is 5.69 Å². The highest BCUT2D eigenvalue weighted by atomic mass is 16.1. The molecule has 1 aliphatic rings. The van der Waals surface area contributed by atoms with Gasteiger partial charge in [0.25, 0.3) is 0 Å². The molecule has 14 heavy (non-hydrogen) atoms. The van der Waals surface area contributed by atoms with Crippen molar-refractivity contribution in [2.75, 3.05) is 11.4 Å². The molecule has 1 radical (unpaired) electrons. The molecule has 0 aromatic heterocycles. The molecule has 1 heterocycles. The van der Waals surface area contributed by atoms with Crippen molar-refractivity contribution in [1.29, 1.82) is 0 Å². The number of piperidine rings is 1. The number of anilines is 1. The number of para-hydroxylation sites is 1. The van der Waals surface area contributed by atoms with Crippen molar-refractivity contribution < 1.29 is 4.79 Å². The lowest BCUT2D eigenvalue weighted by molar-refractivity contribution is 0.486. The quantitative estimate of drug-likeness (QED) is 0.708. The van der Waals surface area contributed by atoms with Crippen molar-refractivity contribution in [2.45, 2.75) is 25.3 Å². The lowest BCUT2D eigenvalue weighted by Gasteiger charge is -2.33. The van der Waals surface area contributed by atoms with E-state index in [1.165, 1.54) is 6.42 Å². The predicted molar refractivity (Wildman–Crippen MR) is 57.1 cm³/mol. The summed E-state index contributed by atoms with van der Waals surface area (Å²) in [5.41, 5.74) is 1.14. The van der Waals surface area contributed by atoms with Crippen LogP contribution in [0.2, 0.25) is 0 Å². The molecule has 1 atom stereocenters. The van der Waals surface area contributed by atoms with Crippen LogP contribution in [0.25, 0.3) is 0 Å². The first-order chi connectivity index (χ1) is 6.92. The lowest BCUT2D eigenvalue weighted by atomic mass is 10.0. The molecule has 1 aliphatic heterocycles. The van der Waals surface area contributed by atoms with Crippen LogP contribution in [-0.2, 0) is 4.79 Å². The third-order valence-corrected chi connectivity index (χ3v) is 2.73. The molecule has 0 amide bonds. The Kier molecular flexibility index (Phi) is 2.82. The highest BCUT2D eigenvalue weighted by Crippen LogP contribution is 2.23. The molecule has 0 aliphatic carbocycles. The van der Waals surface area contributed by atoms with Crippen LogP contribution in [-0.4, -0.2) is 18.9 Å². The van der Waals surface area contributed by atoms with Crippen LogP contribution >= 0.6 is 0 Å². The van der Waals surface area contributed by atoms with E-state index in [1.54, 1.807) is 0 Å². The number of rotatable bonds is 2. The molecule has 73 valence electrons. The Balaban J connectivity index is 2.19. The van der Waals surface area contributed by atoms with Gasteiger partial charge in [-0.15, -0.1) is 0 Å². The average Bonchev–Trinajstić information content (AvgIpc) is 2.30. The van der Waals surface area contributed by atoms with Crippen LogP contribution in [0.15, 0.2) is 30.3 Å². The van der Waals surface area contributed by atoms with Crippen molar-refractivity contribution in [3.63, 3.8) is 0 Å². The fourth-order valence-electron chi connectivity index (χ4n) is 1.98. The van der Waals surface area contributed by atoms with Gasteiger partial charge in [-0.2, -0.15) is 0 Å². The van der Waals surface area contributed by atoms with Gasteiger partial charge in [0.1, 0.15) is 0 Å². The Labute approximate surface area is 84.5 Å². The topological polar surface area (TPSA) is 20.3 Å². The number of carbonyl (C=O) groups excluding carboxylic acids is 1. The zero-order valence-corrected chi connectivity index (χ0v) is 8.15. The molecule has 1 aromatic rings. The third-order valence-electron chi connectivity index (χ3n) is 2.73.